The molecule has 0 saturated heterocycles. The second-order valence-electron chi connectivity index (χ2n) is 4.39. The number of pyridine rings is 1. The van der Waals surface area contributed by atoms with E-state index in [1.807, 2.05) is 36.2 Å². The van der Waals surface area contributed by atoms with Crippen LogP contribution in [0.15, 0.2) is 36.4 Å². The Morgan fingerprint density at radius 3 is 2.70 bits per heavy atom. The number of hydrogen-bond donors (Lipinski definition) is 1. The predicted octanol–water partition coefficient (Wildman–Crippen LogP) is 2.04. The fourth-order valence-corrected chi connectivity index (χ4v) is 1.86. The average Bonchev–Trinajstić information content (AvgIpc) is 2.47. The fraction of sp³-hybridized carbons (Fsp3) is 0.133. The van der Waals surface area contributed by atoms with Gasteiger partial charge in [-0.15, -0.1) is 0 Å². The maximum Gasteiger partial charge on any atom is 0.165 e. The van der Waals surface area contributed by atoms with Crippen LogP contribution in [0.25, 0.3) is 0 Å². The van der Waals surface area contributed by atoms with E-state index >= 15 is 0 Å². The van der Waals surface area contributed by atoms with Gasteiger partial charge in [-0.25, -0.2) is 4.98 Å². The van der Waals surface area contributed by atoms with Crippen molar-refractivity contribution >= 4 is 11.5 Å². The van der Waals surface area contributed by atoms with E-state index in [9.17, 15) is 0 Å². The summed E-state index contributed by atoms with van der Waals surface area (Å²) < 4.78 is 0. The number of nitriles is 2. The van der Waals surface area contributed by atoms with Crippen LogP contribution in [-0.4, -0.2) is 12.0 Å². The van der Waals surface area contributed by atoms with Crippen LogP contribution in [0.1, 0.15) is 16.8 Å². The number of nitrogen functional groups attached to an aromatic ring is 1. The molecule has 2 aromatic rings. The van der Waals surface area contributed by atoms with Gasteiger partial charge in [0.05, 0.1) is 17.3 Å². The van der Waals surface area contributed by atoms with Crippen molar-refractivity contribution in [1.82, 2.24) is 4.98 Å². The van der Waals surface area contributed by atoms with Crippen molar-refractivity contribution in [3.63, 3.8) is 0 Å². The molecular formula is C15H13N5. The van der Waals surface area contributed by atoms with Crippen LogP contribution < -0.4 is 10.6 Å². The van der Waals surface area contributed by atoms with Gasteiger partial charge >= 0.3 is 0 Å². The molecule has 20 heavy (non-hydrogen) atoms. The molecule has 5 nitrogen and oxygen atoms in total. The molecule has 0 radical (unpaired) electrons. The van der Waals surface area contributed by atoms with Gasteiger partial charge in [0.15, 0.2) is 5.69 Å². The Morgan fingerprint density at radius 1 is 1.20 bits per heavy atom. The van der Waals surface area contributed by atoms with Crippen molar-refractivity contribution < 1.29 is 0 Å². The Bertz CT molecular complexity index is 709. The molecule has 0 amide bonds. The van der Waals surface area contributed by atoms with Gasteiger partial charge in [-0.05, 0) is 29.8 Å². The van der Waals surface area contributed by atoms with Crippen molar-refractivity contribution in [2.75, 3.05) is 17.7 Å². The van der Waals surface area contributed by atoms with E-state index in [0.717, 1.165) is 5.56 Å². The van der Waals surface area contributed by atoms with Gasteiger partial charge < -0.3 is 10.6 Å². The summed E-state index contributed by atoms with van der Waals surface area (Å²) >= 11 is 0. The number of benzene rings is 1. The third-order valence-corrected chi connectivity index (χ3v) is 2.88. The SMILES string of the molecule is CN(Cc1cccc(C#N)c1)c1ccc(N)c(C#N)n1. The molecule has 1 aromatic heterocycles. The summed E-state index contributed by atoms with van der Waals surface area (Å²) in [6, 6.07) is 14.9. The quantitative estimate of drug-likeness (QED) is 0.915. The molecule has 0 fully saturated rings. The first-order valence-electron chi connectivity index (χ1n) is 6.01. The Labute approximate surface area is 117 Å². The molecule has 5 heteroatoms. The van der Waals surface area contributed by atoms with Gasteiger partial charge in [0.25, 0.3) is 0 Å². The van der Waals surface area contributed by atoms with Crippen molar-refractivity contribution in [2.24, 2.45) is 0 Å². The minimum atomic E-state index is 0.222. The summed E-state index contributed by atoms with van der Waals surface area (Å²) in [6.07, 6.45) is 0. The zero-order chi connectivity index (χ0) is 14.5. The number of rotatable bonds is 3. The van der Waals surface area contributed by atoms with Gasteiger partial charge in [-0.3, -0.25) is 0 Å². The normalized spacial score (nSPS) is 9.55. The summed E-state index contributed by atoms with van der Waals surface area (Å²) in [5, 5.41) is 17.8. The van der Waals surface area contributed by atoms with Crippen LogP contribution in [0.5, 0.6) is 0 Å². The van der Waals surface area contributed by atoms with E-state index in [2.05, 4.69) is 11.1 Å². The highest BCUT2D eigenvalue weighted by atomic mass is 15.2. The summed E-state index contributed by atoms with van der Waals surface area (Å²) in [4.78, 5) is 6.10. The van der Waals surface area contributed by atoms with Crippen LogP contribution in [0.3, 0.4) is 0 Å². The molecule has 0 spiro atoms. The smallest absolute Gasteiger partial charge is 0.165 e. The van der Waals surface area contributed by atoms with Gasteiger partial charge in [-0.1, -0.05) is 12.1 Å². The van der Waals surface area contributed by atoms with Crippen molar-refractivity contribution in [3.8, 4) is 12.1 Å². The van der Waals surface area contributed by atoms with E-state index in [0.29, 0.717) is 23.6 Å². The molecule has 0 aliphatic heterocycles. The molecule has 98 valence electrons. The molecule has 0 saturated carbocycles. The standard InChI is InChI=1S/C15H13N5/c1-20(10-12-4-2-3-11(7-12)8-16)15-6-5-13(18)14(9-17)19-15/h2-7H,10,18H2,1H3. The van der Waals surface area contributed by atoms with E-state index in [-0.39, 0.29) is 5.69 Å². The van der Waals surface area contributed by atoms with Gasteiger partial charge in [0, 0.05) is 13.6 Å². The minimum Gasteiger partial charge on any atom is -0.396 e. The number of nitrogens with two attached hydrogens (primary N) is 1. The lowest BCUT2D eigenvalue weighted by atomic mass is 10.1. The van der Waals surface area contributed by atoms with Crippen LogP contribution in [0.4, 0.5) is 11.5 Å². The van der Waals surface area contributed by atoms with E-state index < -0.39 is 0 Å². The topological polar surface area (TPSA) is 89.7 Å². The minimum absolute atomic E-state index is 0.222. The maximum atomic E-state index is 8.94. The second-order valence-corrected chi connectivity index (χ2v) is 4.39. The Balaban J connectivity index is 2.22. The highest BCUT2D eigenvalue weighted by Crippen LogP contribution is 2.17. The van der Waals surface area contributed by atoms with E-state index in [1.165, 1.54) is 0 Å². The molecule has 1 heterocycles. The third-order valence-electron chi connectivity index (χ3n) is 2.88. The first-order chi connectivity index (χ1) is 9.63. The summed E-state index contributed by atoms with van der Waals surface area (Å²) in [5.74, 6) is 0.665. The predicted molar refractivity (Wildman–Crippen MR) is 76.6 cm³/mol. The lowest BCUT2D eigenvalue weighted by Gasteiger charge is -2.18. The Morgan fingerprint density at radius 2 is 2.00 bits per heavy atom. The highest BCUT2D eigenvalue weighted by molar-refractivity contribution is 5.55. The first kappa shape index (κ1) is 13.4. The van der Waals surface area contributed by atoms with Gasteiger partial charge in [-0.2, -0.15) is 10.5 Å². The monoisotopic (exact) mass is 263 g/mol. The van der Waals surface area contributed by atoms with Gasteiger partial charge in [0.1, 0.15) is 11.9 Å². The molecule has 1 aromatic carbocycles. The number of nitrogens with zero attached hydrogens (tertiary/aromatic N) is 4. The molecule has 2 rings (SSSR count). The number of aromatic nitrogens is 1. The Hall–Kier alpha value is -3.05. The van der Waals surface area contributed by atoms with E-state index in [1.54, 1.807) is 18.2 Å². The molecule has 0 unspecified atom stereocenters. The lowest BCUT2D eigenvalue weighted by molar-refractivity contribution is 0.896. The zero-order valence-electron chi connectivity index (χ0n) is 11.0. The summed E-state index contributed by atoms with van der Waals surface area (Å²) in [6.45, 7) is 0.595. The number of anilines is 2. The Kier molecular flexibility index (Phi) is 3.83. The molecule has 0 bridgehead atoms. The van der Waals surface area contributed by atoms with Crippen molar-refractivity contribution in [1.29, 1.82) is 10.5 Å². The van der Waals surface area contributed by atoms with Gasteiger partial charge in [0.2, 0.25) is 0 Å². The maximum absolute atomic E-state index is 8.94. The molecular weight excluding hydrogens is 250 g/mol. The zero-order valence-corrected chi connectivity index (χ0v) is 11.0. The second kappa shape index (κ2) is 5.73. The fourth-order valence-electron chi connectivity index (χ4n) is 1.86. The molecule has 0 aliphatic rings. The lowest BCUT2D eigenvalue weighted by Crippen LogP contribution is -2.18. The highest BCUT2D eigenvalue weighted by Gasteiger charge is 2.07. The van der Waals surface area contributed by atoms with Crippen LogP contribution >= 0.6 is 0 Å². The summed E-state index contributed by atoms with van der Waals surface area (Å²) in [5.41, 5.74) is 7.87. The molecule has 0 aliphatic carbocycles. The first-order valence-corrected chi connectivity index (χ1v) is 6.01. The van der Waals surface area contributed by atoms with Crippen molar-refractivity contribution in [3.05, 3.63) is 53.2 Å². The largest absolute Gasteiger partial charge is 0.396 e. The molecule has 2 N–H and O–H groups in total. The third kappa shape index (κ3) is 2.85. The van der Waals surface area contributed by atoms with Crippen LogP contribution in [-0.2, 0) is 6.54 Å². The number of hydrogen-bond acceptors (Lipinski definition) is 5. The van der Waals surface area contributed by atoms with Crippen LogP contribution in [0.2, 0.25) is 0 Å². The van der Waals surface area contributed by atoms with E-state index in [4.69, 9.17) is 16.3 Å². The summed E-state index contributed by atoms with van der Waals surface area (Å²) in [7, 11) is 1.87. The average molecular weight is 263 g/mol. The van der Waals surface area contributed by atoms with Crippen LogP contribution in [0, 0.1) is 22.7 Å². The van der Waals surface area contributed by atoms with Crippen molar-refractivity contribution in [2.45, 2.75) is 6.54 Å². The molecule has 0 atom stereocenters.